The van der Waals surface area contributed by atoms with Crippen LogP contribution in [0.5, 0.6) is 0 Å². The predicted octanol–water partition coefficient (Wildman–Crippen LogP) is 3.11. The van der Waals surface area contributed by atoms with Crippen molar-refractivity contribution in [1.82, 2.24) is 4.31 Å². The molecule has 2 heterocycles. The van der Waals surface area contributed by atoms with E-state index in [-0.39, 0.29) is 36.6 Å². The number of carbonyl (C=O) groups excluding carboxylic acids is 1. The van der Waals surface area contributed by atoms with Gasteiger partial charge in [0.25, 0.3) is 0 Å². The standard InChI is InChI=1S/C19H21NO4S/c1-13-4-6-14(7-5-13)25(22,23)20-11-10-17(21)19-15(8-9-16(19)20)18-3-2-12-24-18/h2-7,12,15-16,19H,8-11H2,1H3/t15-,16+,19-/m0/s1. The summed E-state index contributed by atoms with van der Waals surface area (Å²) in [5.41, 5.74) is 1.02. The lowest BCUT2D eigenvalue weighted by atomic mass is 9.84. The van der Waals surface area contributed by atoms with Crippen LogP contribution in [0.4, 0.5) is 0 Å². The molecule has 2 aromatic rings. The second kappa shape index (κ2) is 6.11. The average Bonchev–Trinajstić information content (AvgIpc) is 3.25. The van der Waals surface area contributed by atoms with Crippen molar-refractivity contribution in [2.45, 2.75) is 43.0 Å². The molecule has 0 amide bonds. The SMILES string of the molecule is Cc1ccc(S(=O)(=O)N2CCC(=O)[C@@H]3[C@H]2CC[C@H]3c2ccco2)cc1. The highest BCUT2D eigenvalue weighted by Gasteiger charge is 2.50. The maximum absolute atomic E-state index is 13.1. The molecule has 0 radical (unpaired) electrons. The zero-order valence-corrected chi connectivity index (χ0v) is 14.9. The Kier molecular flexibility index (Phi) is 4.04. The van der Waals surface area contributed by atoms with E-state index in [2.05, 4.69) is 0 Å². The monoisotopic (exact) mass is 359 g/mol. The van der Waals surface area contributed by atoms with Crippen molar-refractivity contribution in [3.63, 3.8) is 0 Å². The number of piperidine rings is 1. The van der Waals surface area contributed by atoms with E-state index in [4.69, 9.17) is 4.42 Å². The molecule has 1 aromatic carbocycles. The van der Waals surface area contributed by atoms with Crippen LogP contribution in [0.1, 0.15) is 36.5 Å². The second-order valence-corrected chi connectivity index (χ2v) is 8.83. The van der Waals surface area contributed by atoms with Gasteiger partial charge in [-0.15, -0.1) is 0 Å². The van der Waals surface area contributed by atoms with Crippen molar-refractivity contribution < 1.29 is 17.6 Å². The fourth-order valence-corrected chi connectivity index (χ4v) is 5.93. The van der Waals surface area contributed by atoms with Crippen LogP contribution >= 0.6 is 0 Å². The van der Waals surface area contributed by atoms with Crippen molar-refractivity contribution in [3.8, 4) is 0 Å². The molecule has 4 rings (SSSR count). The summed E-state index contributed by atoms with van der Waals surface area (Å²) in [4.78, 5) is 12.9. The molecule has 0 unspecified atom stereocenters. The number of rotatable bonds is 3. The van der Waals surface area contributed by atoms with E-state index in [1.54, 1.807) is 34.8 Å². The Morgan fingerprint density at radius 3 is 2.56 bits per heavy atom. The molecule has 2 aliphatic rings. The van der Waals surface area contributed by atoms with Gasteiger partial charge in [-0.2, -0.15) is 4.31 Å². The first-order valence-corrected chi connectivity index (χ1v) is 10.1. The van der Waals surface area contributed by atoms with Gasteiger partial charge in [-0.05, 0) is 44.0 Å². The first kappa shape index (κ1) is 16.5. The summed E-state index contributed by atoms with van der Waals surface area (Å²) in [6.45, 7) is 2.19. The number of Topliss-reactive ketones (excluding diaryl/α,β-unsaturated/α-hetero) is 1. The van der Waals surface area contributed by atoms with Crippen molar-refractivity contribution >= 4 is 15.8 Å². The summed E-state index contributed by atoms with van der Waals surface area (Å²) in [6.07, 6.45) is 3.33. The number of aryl methyl sites for hydroxylation is 1. The van der Waals surface area contributed by atoms with Crippen LogP contribution in [0.25, 0.3) is 0 Å². The zero-order chi connectivity index (χ0) is 17.6. The second-order valence-electron chi connectivity index (χ2n) is 6.94. The molecule has 0 bridgehead atoms. The van der Waals surface area contributed by atoms with E-state index < -0.39 is 10.0 Å². The van der Waals surface area contributed by atoms with Crippen LogP contribution in [0.2, 0.25) is 0 Å². The third-order valence-electron chi connectivity index (χ3n) is 5.48. The maximum Gasteiger partial charge on any atom is 0.243 e. The molecule has 0 spiro atoms. The number of benzene rings is 1. The van der Waals surface area contributed by atoms with E-state index in [0.717, 1.165) is 17.7 Å². The number of furan rings is 1. The van der Waals surface area contributed by atoms with Crippen LogP contribution in [-0.4, -0.2) is 31.1 Å². The summed E-state index contributed by atoms with van der Waals surface area (Å²) in [5, 5.41) is 0. The minimum Gasteiger partial charge on any atom is -0.469 e. The largest absolute Gasteiger partial charge is 0.469 e. The Bertz CT molecular complexity index is 871. The van der Waals surface area contributed by atoms with E-state index in [1.165, 1.54) is 0 Å². The maximum atomic E-state index is 13.1. The summed E-state index contributed by atoms with van der Waals surface area (Å²) in [6, 6.07) is 10.3. The highest BCUT2D eigenvalue weighted by molar-refractivity contribution is 7.89. The highest BCUT2D eigenvalue weighted by Crippen LogP contribution is 2.46. The quantitative estimate of drug-likeness (QED) is 0.844. The molecule has 1 aliphatic heterocycles. The van der Waals surface area contributed by atoms with Gasteiger partial charge in [-0.25, -0.2) is 8.42 Å². The molecule has 6 heteroatoms. The van der Waals surface area contributed by atoms with Crippen LogP contribution < -0.4 is 0 Å². The van der Waals surface area contributed by atoms with Gasteiger partial charge in [0, 0.05) is 30.8 Å². The van der Waals surface area contributed by atoms with Gasteiger partial charge in [0.05, 0.1) is 11.2 Å². The third-order valence-corrected chi connectivity index (χ3v) is 7.42. The number of fused-ring (bicyclic) bond motifs is 1. The minimum absolute atomic E-state index is 0.0245. The molecule has 3 atom stereocenters. The molecule has 132 valence electrons. The van der Waals surface area contributed by atoms with Gasteiger partial charge in [0.2, 0.25) is 10.0 Å². The van der Waals surface area contributed by atoms with E-state index in [1.807, 2.05) is 19.1 Å². The fraction of sp³-hybridized carbons (Fsp3) is 0.421. The minimum atomic E-state index is -3.60. The predicted molar refractivity (Wildman–Crippen MR) is 92.7 cm³/mol. The van der Waals surface area contributed by atoms with E-state index in [0.29, 0.717) is 11.3 Å². The molecular weight excluding hydrogens is 338 g/mol. The van der Waals surface area contributed by atoms with Crippen molar-refractivity contribution in [1.29, 1.82) is 0 Å². The first-order chi connectivity index (χ1) is 12.0. The van der Waals surface area contributed by atoms with Crippen LogP contribution in [-0.2, 0) is 14.8 Å². The molecular formula is C19H21NO4S. The molecule has 1 saturated heterocycles. The number of carbonyl (C=O) groups is 1. The number of ketones is 1. The molecule has 1 aromatic heterocycles. The Labute approximate surface area is 147 Å². The van der Waals surface area contributed by atoms with E-state index >= 15 is 0 Å². The number of hydrogen-bond acceptors (Lipinski definition) is 4. The third kappa shape index (κ3) is 2.73. The Hall–Kier alpha value is -1.92. The van der Waals surface area contributed by atoms with Crippen molar-refractivity contribution in [3.05, 3.63) is 54.0 Å². The van der Waals surface area contributed by atoms with E-state index in [9.17, 15) is 13.2 Å². The summed E-state index contributed by atoms with van der Waals surface area (Å²) in [5.74, 6) is 0.610. The lowest BCUT2D eigenvalue weighted by molar-refractivity contribution is -0.126. The van der Waals surface area contributed by atoms with Gasteiger partial charge in [-0.1, -0.05) is 17.7 Å². The van der Waals surface area contributed by atoms with Crippen molar-refractivity contribution in [2.24, 2.45) is 5.92 Å². The number of hydrogen-bond donors (Lipinski definition) is 0. The molecule has 25 heavy (non-hydrogen) atoms. The number of sulfonamides is 1. The molecule has 1 aliphatic carbocycles. The van der Waals surface area contributed by atoms with Gasteiger partial charge >= 0.3 is 0 Å². The molecule has 1 saturated carbocycles. The first-order valence-electron chi connectivity index (χ1n) is 8.63. The van der Waals surface area contributed by atoms with Gasteiger partial charge in [0.1, 0.15) is 11.5 Å². The topological polar surface area (TPSA) is 67.6 Å². The Morgan fingerprint density at radius 2 is 1.88 bits per heavy atom. The average molecular weight is 359 g/mol. The van der Waals surface area contributed by atoms with Gasteiger partial charge < -0.3 is 4.42 Å². The Morgan fingerprint density at radius 1 is 1.12 bits per heavy atom. The highest BCUT2D eigenvalue weighted by atomic mass is 32.2. The summed E-state index contributed by atoms with van der Waals surface area (Å²) >= 11 is 0. The van der Waals surface area contributed by atoms with Crippen LogP contribution in [0.15, 0.2) is 52.0 Å². The smallest absolute Gasteiger partial charge is 0.243 e. The summed E-state index contributed by atoms with van der Waals surface area (Å²) in [7, 11) is -3.60. The molecule has 2 fully saturated rings. The summed E-state index contributed by atoms with van der Waals surface area (Å²) < 4.78 is 33.3. The molecule has 5 nitrogen and oxygen atoms in total. The lowest BCUT2D eigenvalue weighted by Gasteiger charge is -2.37. The number of nitrogens with zero attached hydrogens (tertiary/aromatic N) is 1. The van der Waals surface area contributed by atoms with Crippen LogP contribution in [0, 0.1) is 12.8 Å². The fourth-order valence-electron chi connectivity index (χ4n) is 4.26. The lowest BCUT2D eigenvalue weighted by Crippen LogP contribution is -2.50. The zero-order valence-electron chi connectivity index (χ0n) is 14.1. The van der Waals surface area contributed by atoms with Gasteiger partial charge in [-0.3, -0.25) is 4.79 Å². The van der Waals surface area contributed by atoms with Gasteiger partial charge in [0.15, 0.2) is 0 Å². The normalized spacial score (nSPS) is 27.4. The Balaban J connectivity index is 1.68. The van der Waals surface area contributed by atoms with Crippen molar-refractivity contribution in [2.75, 3.05) is 6.54 Å². The van der Waals surface area contributed by atoms with Crippen LogP contribution in [0.3, 0.4) is 0 Å². The molecule has 0 N–H and O–H groups in total.